The normalized spacial score (nSPS) is 18.8. The van der Waals surface area contributed by atoms with Crippen molar-refractivity contribution < 1.29 is 51.7 Å². The van der Waals surface area contributed by atoms with Gasteiger partial charge in [-0.05, 0) is 0 Å². The van der Waals surface area contributed by atoms with E-state index in [2.05, 4.69) is 210 Å². The van der Waals surface area contributed by atoms with Crippen molar-refractivity contribution in [2.45, 2.75) is 105 Å². The van der Waals surface area contributed by atoms with E-state index in [0.717, 1.165) is 56.4 Å². The first-order valence-electron chi connectivity index (χ1n) is 36.4. The summed E-state index contributed by atoms with van der Waals surface area (Å²) in [5.74, 6) is 0. The van der Waals surface area contributed by atoms with Crippen molar-refractivity contribution >= 4 is 119 Å². The molecule has 9 aromatic rings. The van der Waals surface area contributed by atoms with Crippen molar-refractivity contribution in [1.82, 2.24) is 0 Å². The summed E-state index contributed by atoms with van der Waals surface area (Å²) in [6, 6.07) is 64.7. The third-order valence-electron chi connectivity index (χ3n) is 17.7. The van der Waals surface area contributed by atoms with Crippen molar-refractivity contribution in [3.63, 3.8) is 0 Å². The van der Waals surface area contributed by atoms with E-state index in [4.69, 9.17) is 0 Å². The molecule has 90 heavy (non-hydrogen) atoms. The van der Waals surface area contributed by atoms with E-state index in [1.165, 1.54) is 19.6 Å². The summed E-state index contributed by atoms with van der Waals surface area (Å²) in [6.45, 7) is 14.9. The molecule has 0 spiro atoms. The minimum absolute atomic E-state index is 0.320. The molecule has 6 heterocycles. The van der Waals surface area contributed by atoms with Gasteiger partial charge in [0.15, 0.2) is 0 Å². The van der Waals surface area contributed by atoms with Crippen molar-refractivity contribution in [2.24, 2.45) is 0 Å². The van der Waals surface area contributed by atoms with Crippen LogP contribution in [-0.4, -0.2) is 44.5 Å². The van der Waals surface area contributed by atoms with Crippen LogP contribution in [0.2, 0.25) is 0 Å². The molecule has 0 aromatic heterocycles. The van der Waals surface area contributed by atoms with Crippen LogP contribution in [0.1, 0.15) is 122 Å². The zero-order valence-corrected chi connectivity index (χ0v) is 57.1. The van der Waals surface area contributed by atoms with Crippen LogP contribution < -0.4 is 49.0 Å². The maximum atomic E-state index is 9.35. The molecule has 15 rings (SSSR count). The second-order valence-electron chi connectivity index (χ2n) is 27.9. The number of nitrogens with zero attached hydrogens (tertiary/aromatic N) is 10. The van der Waals surface area contributed by atoms with E-state index < -0.39 is 63.2 Å². The Morgan fingerprint density at radius 3 is 0.644 bits per heavy atom. The summed E-state index contributed by atoms with van der Waals surface area (Å²) >= 11 is -3.46. The fraction of sp³-hybridized carbons (Fsp3) is 0.256. The van der Waals surface area contributed by atoms with Gasteiger partial charge in [-0.25, -0.2) is 0 Å². The Hall–Kier alpha value is -8.16. The fourth-order valence-corrected chi connectivity index (χ4v) is 19.0. The van der Waals surface area contributed by atoms with Crippen LogP contribution in [0.25, 0.3) is 0 Å². The third-order valence-corrected chi connectivity index (χ3v) is 23.8. The predicted molar refractivity (Wildman–Crippen MR) is 379 cm³/mol. The van der Waals surface area contributed by atoms with Crippen LogP contribution in [0.15, 0.2) is 194 Å². The van der Waals surface area contributed by atoms with Gasteiger partial charge in [-0.1, -0.05) is 0 Å². The molecule has 0 amide bonds. The second-order valence-corrected chi connectivity index (χ2v) is 33.1. The molecule has 6 aliphatic rings. The summed E-state index contributed by atoms with van der Waals surface area (Å²) in [7, 11) is 0. The predicted octanol–water partition coefficient (Wildman–Crippen LogP) is 18.7. The molecule has 0 saturated carbocycles. The van der Waals surface area contributed by atoms with E-state index in [9.17, 15) is 16.4 Å². The average Bonchev–Trinajstić information content (AvgIpc) is 1.55. The number of hydrogen-bond donors (Lipinski definition) is 0. The molecule has 0 saturated heterocycles. The first-order chi connectivity index (χ1) is 47.6. The summed E-state index contributed by atoms with van der Waals surface area (Å²) in [5, 5.41) is 0. The molecule has 0 atom stereocenters. The molecule has 462 valence electrons. The van der Waals surface area contributed by atoms with E-state index in [-0.39, 0.29) is 21.7 Å². The second kappa shape index (κ2) is 20.7. The Morgan fingerprint density at radius 1 is 0.233 bits per heavy atom. The van der Waals surface area contributed by atoms with E-state index in [1.54, 1.807) is 0 Å². The van der Waals surface area contributed by atoms with Gasteiger partial charge in [0, 0.05) is 0 Å². The molecule has 10 nitrogen and oxygen atoms in total. The van der Waals surface area contributed by atoms with Gasteiger partial charge < -0.3 is 0 Å². The molecule has 8 bridgehead atoms. The molecule has 6 aliphatic heterocycles. The zero-order valence-electron chi connectivity index (χ0n) is 64.6. The molecule has 9 aromatic carbocycles. The zero-order chi connectivity index (χ0) is 72.8. The Balaban J connectivity index is 0.962. The first kappa shape index (κ1) is 46.0. The van der Waals surface area contributed by atoms with Gasteiger partial charge in [0.2, 0.25) is 0 Å². The number of rotatable bonds is 2. The van der Waals surface area contributed by atoms with Crippen LogP contribution in [-0.2, 0) is 56.9 Å². The van der Waals surface area contributed by atoms with Crippen molar-refractivity contribution in [1.29, 1.82) is 0 Å². The SMILES string of the molecule is [2H]C([2H])([2H])N1[C]2=[Pt]=[C]3N(c4cccc(c4)N(c4ccc(N5c6cccc(c6)N6[C](=[Pt]=[C]7N(c8cccc5c8)c5cc(C(C)(C)C)ccc5N7C([2H])([2H])[2H])N(C([2H])([2H])[2H])c5ccc(C(C)(C)C)cc56)cc4)c4cccc(c4)N2c2cc(C(C)(C)C)ccc21)c1cc(C(C)(C)C)ccc1N3C([2H])([2H])[2H]. The molecule has 0 aliphatic carbocycles. The van der Waals surface area contributed by atoms with Crippen molar-refractivity contribution in [3.8, 4) is 0 Å². The monoisotopic (exact) mass is 1560 g/mol. The van der Waals surface area contributed by atoms with Gasteiger partial charge in [-0.3, -0.25) is 0 Å². The Morgan fingerprint density at radius 2 is 0.444 bits per heavy atom. The summed E-state index contributed by atoms with van der Waals surface area (Å²) < 4.78 is 114. The molecule has 12 heteroatoms. The van der Waals surface area contributed by atoms with Crippen LogP contribution in [0.4, 0.5) is 102 Å². The topological polar surface area (TPSA) is 32.4 Å². The van der Waals surface area contributed by atoms with E-state index in [1.807, 2.05) is 97.1 Å². The van der Waals surface area contributed by atoms with E-state index in [0.29, 0.717) is 84.8 Å². The summed E-state index contributed by atoms with van der Waals surface area (Å²) in [6.07, 6.45) is 0. The first-order valence-corrected chi connectivity index (χ1v) is 34.9. The number of anilines is 18. The van der Waals surface area contributed by atoms with Crippen LogP contribution in [0.5, 0.6) is 0 Å². The van der Waals surface area contributed by atoms with Gasteiger partial charge in [0.05, 0.1) is 0 Å². The Labute approximate surface area is 565 Å². The fourth-order valence-electron chi connectivity index (χ4n) is 12.7. The van der Waals surface area contributed by atoms with Gasteiger partial charge in [0.1, 0.15) is 0 Å². The molecular formula is C78H80N10Pt2. The molecule has 0 fully saturated rings. The number of fused-ring (bicyclic) bond motifs is 24. The standard InChI is InChI=1S/C78H80N10.2Pt/c1-75(2,3)53-29-37-67-71(41-53)83(49-79(67)13)59-21-17-25-63(45-59)87(64-26-18-22-60(46-64)84-50-80(14)68-38-30-54(42-72(68)84)76(4,5)6)57-33-35-58(36-34-57)88(65-27-19-23-61(47-65)85-51-81(15)69-39-31-55(43-73(69)85)77(7,8)9)66-28-20-24-62(48-66)86-52-82(16)70-40-32-56(44-74(70)86)78(10,11)12;;/h17-48H,1-16H3;;/i13D3,14D3,15D3,16D3;;. The van der Waals surface area contributed by atoms with Gasteiger partial charge >= 0.3 is 569 Å². The van der Waals surface area contributed by atoms with Crippen LogP contribution >= 0.6 is 0 Å². The maximum absolute atomic E-state index is 9.35. The van der Waals surface area contributed by atoms with Crippen molar-refractivity contribution in [3.05, 3.63) is 216 Å². The number of hydrogen-bond acceptors (Lipinski definition) is 10. The van der Waals surface area contributed by atoms with Gasteiger partial charge in [-0.2, -0.15) is 0 Å². The Kier molecular flexibility index (Phi) is 10.6. The molecular weight excluding hydrogens is 1470 g/mol. The van der Waals surface area contributed by atoms with E-state index >= 15 is 0 Å². The Bertz CT molecular complexity index is 4510. The minimum atomic E-state index is -2.69. The number of benzene rings is 9. The molecule has 0 radical (unpaired) electrons. The summed E-state index contributed by atoms with van der Waals surface area (Å²) in [5.41, 5.74) is 14.8. The molecule has 0 N–H and O–H groups in total. The third kappa shape index (κ3) is 9.39. The summed E-state index contributed by atoms with van der Waals surface area (Å²) in [4.78, 5) is 18.4. The molecule has 0 unspecified atom stereocenters. The van der Waals surface area contributed by atoms with Gasteiger partial charge in [0.25, 0.3) is 0 Å². The van der Waals surface area contributed by atoms with Crippen LogP contribution in [0, 0.1) is 0 Å². The quantitative estimate of drug-likeness (QED) is 0.167. The van der Waals surface area contributed by atoms with Crippen LogP contribution in [0.3, 0.4) is 0 Å². The van der Waals surface area contributed by atoms with Crippen molar-refractivity contribution in [2.75, 3.05) is 76.9 Å². The van der Waals surface area contributed by atoms with Gasteiger partial charge in [-0.15, -0.1) is 0 Å². The average molecular weight is 1560 g/mol.